The zero-order valence-electron chi connectivity index (χ0n) is 15.0. The molecule has 0 radical (unpaired) electrons. The fourth-order valence-corrected chi connectivity index (χ4v) is 8.10. The van der Waals surface area contributed by atoms with E-state index in [-0.39, 0.29) is 6.10 Å². The molecule has 22 heavy (non-hydrogen) atoms. The average molecular weight is 305 g/mol. The lowest BCUT2D eigenvalue weighted by molar-refractivity contribution is -0.130. The first kappa shape index (κ1) is 15.5. The van der Waals surface area contributed by atoms with Crippen LogP contribution in [0.25, 0.3) is 0 Å². The van der Waals surface area contributed by atoms with Crippen LogP contribution in [-0.2, 0) is 0 Å². The lowest BCUT2D eigenvalue weighted by Gasteiger charge is -2.61. The van der Waals surface area contributed by atoms with Crippen molar-refractivity contribution in [3.63, 3.8) is 0 Å². The fraction of sp³-hybridized carbons (Fsp3) is 1.00. The van der Waals surface area contributed by atoms with Crippen LogP contribution in [0.1, 0.15) is 85.0 Å². The Morgan fingerprint density at radius 3 is 2.55 bits per heavy atom. The Labute approximate surface area is 137 Å². The van der Waals surface area contributed by atoms with Gasteiger partial charge in [0.25, 0.3) is 0 Å². The lowest BCUT2D eigenvalue weighted by atomic mass is 9.44. The SMILES string of the molecule is CCC12CCC3C(CCC4CC(O)CC[C@@]43C)C1CCC2C. The predicted octanol–water partition coefficient (Wildman–Crippen LogP) is 5.42. The zero-order chi connectivity index (χ0) is 15.5. The Morgan fingerprint density at radius 1 is 0.955 bits per heavy atom. The van der Waals surface area contributed by atoms with Gasteiger partial charge in [0.05, 0.1) is 6.10 Å². The summed E-state index contributed by atoms with van der Waals surface area (Å²) < 4.78 is 0. The first-order valence-electron chi connectivity index (χ1n) is 10.2. The van der Waals surface area contributed by atoms with Crippen LogP contribution in [0.2, 0.25) is 0 Å². The largest absolute Gasteiger partial charge is 0.393 e. The molecule has 4 saturated carbocycles. The summed E-state index contributed by atoms with van der Waals surface area (Å²) in [5, 5.41) is 10.1. The zero-order valence-corrected chi connectivity index (χ0v) is 15.0. The minimum absolute atomic E-state index is 0.000508. The van der Waals surface area contributed by atoms with Crippen LogP contribution in [-0.4, -0.2) is 11.2 Å². The highest BCUT2D eigenvalue weighted by Gasteiger charge is 2.60. The maximum atomic E-state index is 10.1. The van der Waals surface area contributed by atoms with Crippen molar-refractivity contribution in [3.05, 3.63) is 0 Å². The summed E-state index contributed by atoms with van der Waals surface area (Å²) in [5.41, 5.74) is 1.24. The van der Waals surface area contributed by atoms with E-state index in [4.69, 9.17) is 0 Å². The van der Waals surface area contributed by atoms with E-state index in [0.717, 1.165) is 42.4 Å². The Kier molecular flexibility index (Phi) is 3.68. The van der Waals surface area contributed by atoms with E-state index >= 15 is 0 Å². The van der Waals surface area contributed by atoms with Gasteiger partial charge in [0.2, 0.25) is 0 Å². The minimum atomic E-state index is -0.000508. The van der Waals surface area contributed by atoms with Crippen LogP contribution in [0.15, 0.2) is 0 Å². The van der Waals surface area contributed by atoms with Crippen molar-refractivity contribution in [1.82, 2.24) is 0 Å². The van der Waals surface area contributed by atoms with Gasteiger partial charge in [-0.2, -0.15) is 0 Å². The standard InChI is InChI=1S/C21H36O/c1-4-21-12-10-18-17(19(21)8-5-14(21)2)7-6-15-13-16(22)9-11-20(15,18)3/h14-19,22H,4-13H2,1-3H3/t14?,15?,16?,17?,18?,19?,20-,21?/m0/s1. The molecule has 4 rings (SSSR count). The summed E-state index contributed by atoms with van der Waals surface area (Å²) in [6, 6.07) is 0. The minimum Gasteiger partial charge on any atom is -0.393 e. The highest BCUT2D eigenvalue weighted by Crippen LogP contribution is 2.68. The molecule has 1 heteroatoms. The number of hydrogen-bond donors (Lipinski definition) is 1. The van der Waals surface area contributed by atoms with Crippen LogP contribution in [0.5, 0.6) is 0 Å². The second-order valence-electron chi connectivity index (χ2n) is 9.69. The van der Waals surface area contributed by atoms with Crippen molar-refractivity contribution in [3.8, 4) is 0 Å². The van der Waals surface area contributed by atoms with Crippen LogP contribution in [0, 0.1) is 40.4 Å². The van der Waals surface area contributed by atoms with Gasteiger partial charge in [-0.05, 0) is 105 Å². The van der Waals surface area contributed by atoms with Gasteiger partial charge in [-0.25, -0.2) is 0 Å². The van der Waals surface area contributed by atoms with Crippen LogP contribution in [0.4, 0.5) is 0 Å². The van der Waals surface area contributed by atoms with Crippen molar-refractivity contribution in [2.75, 3.05) is 0 Å². The molecule has 0 aromatic heterocycles. The molecule has 0 bridgehead atoms. The fourth-order valence-electron chi connectivity index (χ4n) is 8.10. The van der Waals surface area contributed by atoms with Crippen molar-refractivity contribution in [1.29, 1.82) is 0 Å². The van der Waals surface area contributed by atoms with Gasteiger partial charge in [0.1, 0.15) is 0 Å². The van der Waals surface area contributed by atoms with Crippen LogP contribution < -0.4 is 0 Å². The molecule has 0 amide bonds. The molecule has 0 spiro atoms. The molecular weight excluding hydrogens is 268 g/mol. The molecule has 8 atom stereocenters. The van der Waals surface area contributed by atoms with Crippen molar-refractivity contribution in [2.24, 2.45) is 40.4 Å². The van der Waals surface area contributed by atoms with E-state index in [1.165, 1.54) is 51.4 Å². The van der Waals surface area contributed by atoms with Crippen LogP contribution >= 0.6 is 0 Å². The average Bonchev–Trinajstić information content (AvgIpc) is 2.86. The molecule has 0 aromatic rings. The van der Waals surface area contributed by atoms with Gasteiger partial charge < -0.3 is 5.11 Å². The molecule has 0 aromatic carbocycles. The van der Waals surface area contributed by atoms with E-state index in [1.54, 1.807) is 0 Å². The Balaban J connectivity index is 1.63. The quantitative estimate of drug-likeness (QED) is 0.686. The number of rotatable bonds is 1. The smallest absolute Gasteiger partial charge is 0.0543 e. The van der Waals surface area contributed by atoms with Crippen molar-refractivity contribution >= 4 is 0 Å². The molecule has 4 fully saturated rings. The molecule has 4 aliphatic carbocycles. The second-order valence-corrected chi connectivity index (χ2v) is 9.69. The normalized spacial score (nSPS) is 57.8. The van der Waals surface area contributed by atoms with Crippen molar-refractivity contribution < 1.29 is 5.11 Å². The molecule has 0 aliphatic heterocycles. The Bertz CT molecular complexity index is 432. The number of fused-ring (bicyclic) bond motifs is 5. The summed E-state index contributed by atoms with van der Waals surface area (Å²) in [5.74, 6) is 4.77. The van der Waals surface area contributed by atoms with E-state index in [2.05, 4.69) is 20.8 Å². The van der Waals surface area contributed by atoms with Gasteiger partial charge in [-0.15, -0.1) is 0 Å². The van der Waals surface area contributed by atoms with Crippen molar-refractivity contribution in [2.45, 2.75) is 91.1 Å². The molecular formula is C21H36O. The van der Waals surface area contributed by atoms with Gasteiger partial charge >= 0.3 is 0 Å². The third kappa shape index (κ3) is 1.93. The van der Waals surface area contributed by atoms with Crippen LogP contribution in [0.3, 0.4) is 0 Å². The summed E-state index contributed by atoms with van der Waals surface area (Å²) in [6.07, 6.45) is 13.7. The van der Waals surface area contributed by atoms with Gasteiger partial charge in [-0.1, -0.05) is 20.8 Å². The number of aliphatic hydroxyl groups excluding tert-OH is 1. The van der Waals surface area contributed by atoms with Gasteiger partial charge in [-0.3, -0.25) is 0 Å². The molecule has 7 unspecified atom stereocenters. The first-order chi connectivity index (χ1) is 10.5. The highest BCUT2D eigenvalue weighted by molar-refractivity contribution is 5.09. The summed E-state index contributed by atoms with van der Waals surface area (Å²) in [7, 11) is 0. The van der Waals surface area contributed by atoms with E-state index < -0.39 is 0 Å². The van der Waals surface area contributed by atoms with Gasteiger partial charge in [0, 0.05) is 0 Å². The second kappa shape index (κ2) is 5.23. The Morgan fingerprint density at radius 2 is 1.77 bits per heavy atom. The van der Waals surface area contributed by atoms with Gasteiger partial charge in [0.15, 0.2) is 0 Å². The maximum Gasteiger partial charge on any atom is 0.0543 e. The Hall–Kier alpha value is -0.0400. The van der Waals surface area contributed by atoms with E-state index in [1.807, 2.05) is 0 Å². The topological polar surface area (TPSA) is 20.2 Å². The first-order valence-corrected chi connectivity index (χ1v) is 10.2. The molecule has 1 N–H and O–H groups in total. The van der Waals surface area contributed by atoms with E-state index in [9.17, 15) is 5.11 Å². The monoisotopic (exact) mass is 304 g/mol. The third-order valence-corrected chi connectivity index (χ3v) is 9.44. The highest BCUT2D eigenvalue weighted by atomic mass is 16.3. The summed E-state index contributed by atoms with van der Waals surface area (Å²) in [6.45, 7) is 7.63. The molecule has 4 aliphatic rings. The molecule has 0 saturated heterocycles. The molecule has 1 nitrogen and oxygen atoms in total. The maximum absolute atomic E-state index is 10.1. The number of hydrogen-bond acceptors (Lipinski definition) is 1. The summed E-state index contributed by atoms with van der Waals surface area (Å²) in [4.78, 5) is 0. The number of aliphatic hydroxyl groups is 1. The molecule has 126 valence electrons. The molecule has 0 heterocycles. The predicted molar refractivity (Wildman–Crippen MR) is 91.5 cm³/mol. The van der Waals surface area contributed by atoms with E-state index in [0.29, 0.717) is 10.8 Å². The lowest BCUT2D eigenvalue weighted by Crippen LogP contribution is -2.54. The third-order valence-electron chi connectivity index (χ3n) is 9.44. The summed E-state index contributed by atoms with van der Waals surface area (Å²) >= 11 is 0.